The Labute approximate surface area is 130 Å². The van der Waals surface area contributed by atoms with Crippen LogP contribution in [0.3, 0.4) is 0 Å². The summed E-state index contributed by atoms with van der Waals surface area (Å²) < 4.78 is 27.6. The van der Waals surface area contributed by atoms with Gasteiger partial charge in [-0.3, -0.25) is 4.79 Å². The molecule has 6 heteroatoms. The van der Waals surface area contributed by atoms with Crippen LogP contribution in [0.15, 0.2) is 16.6 Å². The van der Waals surface area contributed by atoms with Crippen LogP contribution < -0.4 is 5.32 Å². The summed E-state index contributed by atoms with van der Waals surface area (Å²) in [6, 6.07) is 2.16. The second-order valence-corrected chi connectivity index (χ2v) is 6.28. The fraction of sp³-hybridized carbons (Fsp3) is 0.500. The molecule has 0 aromatic heterocycles. The quantitative estimate of drug-likeness (QED) is 0.798. The largest absolute Gasteiger partial charge is 0.352 e. The molecule has 1 fully saturated rings. The van der Waals surface area contributed by atoms with E-state index in [4.69, 9.17) is 11.6 Å². The standard InChI is InChI=1S/C14H15BrClF2NO/c15-10-4-11(17)13(12(18)5-10)14(20)19-7-9-3-1-2-8(9)6-16/h4-5,8-9H,1-3,6-7H2,(H,19,20). The van der Waals surface area contributed by atoms with Gasteiger partial charge in [-0.2, -0.15) is 0 Å². The van der Waals surface area contributed by atoms with Crippen molar-refractivity contribution >= 4 is 33.4 Å². The summed E-state index contributed by atoms with van der Waals surface area (Å²) in [5.41, 5.74) is -0.534. The van der Waals surface area contributed by atoms with E-state index in [1.54, 1.807) is 0 Å². The van der Waals surface area contributed by atoms with E-state index in [2.05, 4.69) is 21.2 Å². The number of carbonyl (C=O) groups is 1. The molecule has 2 nitrogen and oxygen atoms in total. The second-order valence-electron chi connectivity index (χ2n) is 5.06. The number of hydrogen-bond donors (Lipinski definition) is 1. The van der Waals surface area contributed by atoms with Gasteiger partial charge in [0, 0.05) is 16.9 Å². The zero-order valence-electron chi connectivity index (χ0n) is 10.8. The van der Waals surface area contributed by atoms with Gasteiger partial charge in [0.25, 0.3) is 5.91 Å². The van der Waals surface area contributed by atoms with Crippen LogP contribution in [0.25, 0.3) is 0 Å². The van der Waals surface area contributed by atoms with Gasteiger partial charge in [-0.1, -0.05) is 22.4 Å². The molecule has 1 amide bonds. The Hall–Kier alpha value is -0.680. The SMILES string of the molecule is O=C(NCC1CCCC1CCl)c1c(F)cc(Br)cc1F. The van der Waals surface area contributed by atoms with Gasteiger partial charge in [-0.25, -0.2) is 8.78 Å². The Kier molecular flexibility index (Phi) is 5.38. The fourth-order valence-electron chi connectivity index (χ4n) is 2.66. The monoisotopic (exact) mass is 365 g/mol. The van der Waals surface area contributed by atoms with E-state index < -0.39 is 23.1 Å². The van der Waals surface area contributed by atoms with E-state index in [1.165, 1.54) is 0 Å². The van der Waals surface area contributed by atoms with Crippen LogP contribution in [0, 0.1) is 23.5 Å². The van der Waals surface area contributed by atoms with Gasteiger partial charge in [0.05, 0.1) is 0 Å². The van der Waals surface area contributed by atoms with Crippen molar-refractivity contribution in [1.29, 1.82) is 0 Å². The van der Waals surface area contributed by atoms with Crippen molar-refractivity contribution in [3.05, 3.63) is 33.8 Å². The minimum atomic E-state index is -0.866. The molecule has 0 saturated heterocycles. The van der Waals surface area contributed by atoms with E-state index in [9.17, 15) is 13.6 Å². The summed E-state index contributed by atoms with van der Waals surface area (Å²) in [4.78, 5) is 11.9. The highest BCUT2D eigenvalue weighted by atomic mass is 79.9. The Morgan fingerprint density at radius 3 is 2.50 bits per heavy atom. The van der Waals surface area contributed by atoms with Crippen molar-refractivity contribution in [1.82, 2.24) is 5.32 Å². The molecule has 1 saturated carbocycles. The summed E-state index contributed by atoms with van der Waals surface area (Å²) in [5, 5.41) is 2.61. The lowest BCUT2D eigenvalue weighted by atomic mass is 9.98. The molecule has 0 aliphatic heterocycles. The molecule has 0 spiro atoms. The Bertz CT molecular complexity index is 489. The first kappa shape index (κ1) is 15.7. The van der Waals surface area contributed by atoms with Crippen LogP contribution in [0.1, 0.15) is 29.6 Å². The Balaban J connectivity index is 2.02. The number of amides is 1. The van der Waals surface area contributed by atoms with Crippen molar-refractivity contribution in [2.75, 3.05) is 12.4 Å². The van der Waals surface area contributed by atoms with E-state index >= 15 is 0 Å². The predicted molar refractivity (Wildman–Crippen MR) is 77.9 cm³/mol. The van der Waals surface area contributed by atoms with Crippen LogP contribution >= 0.6 is 27.5 Å². The minimum Gasteiger partial charge on any atom is -0.352 e. The summed E-state index contributed by atoms with van der Waals surface area (Å²) in [7, 11) is 0. The first-order valence-corrected chi connectivity index (χ1v) is 7.84. The highest BCUT2D eigenvalue weighted by molar-refractivity contribution is 9.10. The van der Waals surface area contributed by atoms with Crippen molar-refractivity contribution in [2.45, 2.75) is 19.3 Å². The number of hydrogen-bond acceptors (Lipinski definition) is 1. The van der Waals surface area contributed by atoms with Gasteiger partial charge in [0.2, 0.25) is 0 Å². The number of alkyl halides is 1. The fourth-order valence-corrected chi connectivity index (χ4v) is 3.47. The molecule has 0 heterocycles. The Morgan fingerprint density at radius 2 is 1.90 bits per heavy atom. The van der Waals surface area contributed by atoms with Crippen LogP contribution in [0.5, 0.6) is 0 Å². The highest BCUT2D eigenvalue weighted by Gasteiger charge is 2.27. The van der Waals surface area contributed by atoms with Gasteiger partial charge in [-0.15, -0.1) is 11.6 Å². The van der Waals surface area contributed by atoms with E-state index in [-0.39, 0.29) is 10.4 Å². The maximum absolute atomic E-state index is 13.7. The molecule has 2 unspecified atom stereocenters. The molecular weight excluding hydrogens is 352 g/mol. The van der Waals surface area contributed by atoms with Gasteiger partial charge in [0.1, 0.15) is 17.2 Å². The molecular formula is C14H15BrClF2NO. The van der Waals surface area contributed by atoms with Crippen LogP contribution in [0.4, 0.5) is 8.78 Å². The van der Waals surface area contributed by atoms with E-state index in [1.807, 2.05) is 0 Å². The first-order chi connectivity index (χ1) is 9.52. The topological polar surface area (TPSA) is 29.1 Å². The van der Waals surface area contributed by atoms with Gasteiger partial charge in [-0.05, 0) is 36.8 Å². The molecule has 1 aromatic carbocycles. The van der Waals surface area contributed by atoms with Gasteiger partial charge >= 0.3 is 0 Å². The number of rotatable bonds is 4. The first-order valence-electron chi connectivity index (χ1n) is 6.51. The molecule has 2 atom stereocenters. The molecule has 20 heavy (non-hydrogen) atoms. The number of carbonyl (C=O) groups excluding carboxylic acids is 1. The molecule has 1 aromatic rings. The van der Waals surface area contributed by atoms with Gasteiger partial charge in [0.15, 0.2) is 0 Å². The second kappa shape index (κ2) is 6.85. The number of nitrogens with one attached hydrogen (secondary N) is 1. The minimum absolute atomic E-state index is 0.266. The van der Waals surface area contributed by atoms with Crippen molar-refractivity contribution in [2.24, 2.45) is 11.8 Å². The molecule has 1 N–H and O–H groups in total. The van der Waals surface area contributed by atoms with Crippen molar-refractivity contribution in [3.8, 4) is 0 Å². The Morgan fingerprint density at radius 1 is 1.30 bits per heavy atom. The third-order valence-corrected chi connectivity index (χ3v) is 4.63. The summed E-state index contributed by atoms with van der Waals surface area (Å²) in [6.07, 6.45) is 3.12. The predicted octanol–water partition coefficient (Wildman–Crippen LogP) is 4.11. The lowest BCUT2D eigenvalue weighted by molar-refractivity contribution is 0.0936. The molecule has 1 aliphatic carbocycles. The third-order valence-electron chi connectivity index (χ3n) is 3.77. The molecule has 0 bridgehead atoms. The maximum Gasteiger partial charge on any atom is 0.257 e. The zero-order valence-corrected chi connectivity index (χ0v) is 13.1. The van der Waals surface area contributed by atoms with Crippen LogP contribution in [-0.4, -0.2) is 18.3 Å². The summed E-state index contributed by atoms with van der Waals surface area (Å²) in [5.74, 6) is -1.23. The normalized spacial score (nSPS) is 22.0. The lowest BCUT2D eigenvalue weighted by Gasteiger charge is -2.17. The lowest BCUT2D eigenvalue weighted by Crippen LogP contribution is -2.32. The van der Waals surface area contributed by atoms with E-state index in [0.29, 0.717) is 18.3 Å². The highest BCUT2D eigenvalue weighted by Crippen LogP contribution is 2.32. The average molecular weight is 367 g/mol. The molecule has 1 aliphatic rings. The van der Waals surface area contributed by atoms with Gasteiger partial charge < -0.3 is 5.32 Å². The molecule has 2 rings (SSSR count). The van der Waals surface area contributed by atoms with Crippen LogP contribution in [0.2, 0.25) is 0 Å². The number of halogens is 4. The summed E-state index contributed by atoms with van der Waals surface area (Å²) in [6.45, 7) is 0.408. The van der Waals surface area contributed by atoms with Crippen LogP contribution in [-0.2, 0) is 0 Å². The smallest absolute Gasteiger partial charge is 0.257 e. The number of benzene rings is 1. The van der Waals surface area contributed by atoms with E-state index in [0.717, 1.165) is 31.4 Å². The van der Waals surface area contributed by atoms with Crippen molar-refractivity contribution in [3.63, 3.8) is 0 Å². The summed E-state index contributed by atoms with van der Waals surface area (Å²) >= 11 is 8.84. The average Bonchev–Trinajstić information content (AvgIpc) is 2.82. The molecule has 0 radical (unpaired) electrons. The third kappa shape index (κ3) is 3.50. The molecule has 110 valence electrons. The maximum atomic E-state index is 13.7. The van der Waals surface area contributed by atoms with Crippen molar-refractivity contribution < 1.29 is 13.6 Å². The zero-order chi connectivity index (χ0) is 14.7.